The van der Waals surface area contributed by atoms with Crippen LogP contribution in [0.5, 0.6) is 0 Å². The molecular formula is C12H13Br2ClO. The van der Waals surface area contributed by atoms with Crippen molar-refractivity contribution in [3.05, 3.63) is 32.7 Å². The maximum atomic E-state index is 6.00. The Morgan fingerprint density at radius 3 is 2.81 bits per heavy atom. The maximum Gasteiger partial charge on any atom is 0.0864 e. The lowest BCUT2D eigenvalue weighted by Crippen LogP contribution is -2.23. The Morgan fingerprint density at radius 1 is 1.31 bits per heavy atom. The van der Waals surface area contributed by atoms with Gasteiger partial charge in [-0.3, -0.25) is 0 Å². The highest BCUT2D eigenvalue weighted by Gasteiger charge is 2.26. The second-order valence-corrected chi connectivity index (χ2v) is 6.04. The van der Waals surface area contributed by atoms with Crippen LogP contribution < -0.4 is 0 Å². The summed E-state index contributed by atoms with van der Waals surface area (Å²) in [7, 11) is 0. The Bertz CT molecular complexity index is 370. The molecule has 0 aromatic heterocycles. The molecule has 0 spiro atoms. The quantitative estimate of drug-likeness (QED) is 0.674. The summed E-state index contributed by atoms with van der Waals surface area (Å²) in [4.78, 5) is 0. The van der Waals surface area contributed by atoms with Crippen LogP contribution in [-0.2, 0) is 4.74 Å². The van der Waals surface area contributed by atoms with Gasteiger partial charge in [-0.05, 0) is 62.4 Å². The van der Waals surface area contributed by atoms with Gasteiger partial charge in [0, 0.05) is 27.4 Å². The van der Waals surface area contributed by atoms with Crippen molar-refractivity contribution in [1.82, 2.24) is 0 Å². The van der Waals surface area contributed by atoms with Gasteiger partial charge in [0.15, 0.2) is 0 Å². The molecule has 1 aromatic carbocycles. The molecule has 1 aliphatic heterocycles. The Kier molecular flexibility index (Phi) is 4.71. The molecule has 1 heterocycles. The standard InChI is InChI=1S/C12H13Br2ClO/c13-10-4-3-8(6-11(10)14)12-9(7-15)2-1-5-16-12/h3-4,6,9,12H,1-2,5,7H2. The highest BCUT2D eigenvalue weighted by molar-refractivity contribution is 9.13. The number of halogens is 3. The number of ether oxygens (including phenoxy) is 1. The van der Waals surface area contributed by atoms with Crippen molar-refractivity contribution in [3.63, 3.8) is 0 Å². The average Bonchev–Trinajstić information content (AvgIpc) is 2.32. The lowest BCUT2D eigenvalue weighted by Gasteiger charge is -2.31. The molecule has 1 aliphatic rings. The molecule has 1 nitrogen and oxygen atoms in total. The Labute approximate surface area is 118 Å². The van der Waals surface area contributed by atoms with E-state index in [0.717, 1.165) is 28.4 Å². The molecule has 0 aliphatic carbocycles. The summed E-state index contributed by atoms with van der Waals surface area (Å²) in [5, 5.41) is 0. The molecule has 0 radical (unpaired) electrons. The Balaban J connectivity index is 2.23. The topological polar surface area (TPSA) is 9.23 Å². The van der Waals surface area contributed by atoms with Crippen LogP contribution in [0.15, 0.2) is 27.1 Å². The fourth-order valence-corrected chi connectivity index (χ4v) is 3.02. The normalized spacial score (nSPS) is 25.7. The summed E-state index contributed by atoms with van der Waals surface area (Å²) < 4.78 is 7.97. The molecule has 0 bridgehead atoms. The Morgan fingerprint density at radius 2 is 2.12 bits per heavy atom. The van der Waals surface area contributed by atoms with Crippen LogP contribution in [-0.4, -0.2) is 12.5 Å². The summed E-state index contributed by atoms with van der Waals surface area (Å²) in [6, 6.07) is 6.26. The van der Waals surface area contributed by atoms with Crippen LogP contribution in [0.3, 0.4) is 0 Å². The smallest absolute Gasteiger partial charge is 0.0864 e. The van der Waals surface area contributed by atoms with Crippen molar-refractivity contribution in [2.75, 3.05) is 12.5 Å². The van der Waals surface area contributed by atoms with Gasteiger partial charge in [-0.15, -0.1) is 11.6 Å². The highest BCUT2D eigenvalue weighted by Crippen LogP contribution is 2.36. The predicted octanol–water partition coefficient (Wildman–Crippen LogP) is 4.92. The van der Waals surface area contributed by atoms with E-state index in [1.54, 1.807) is 0 Å². The summed E-state index contributed by atoms with van der Waals surface area (Å²) in [5.74, 6) is 1.10. The summed E-state index contributed by atoms with van der Waals surface area (Å²) >= 11 is 13.0. The zero-order chi connectivity index (χ0) is 11.5. The molecule has 2 unspecified atom stereocenters. The van der Waals surface area contributed by atoms with E-state index in [1.165, 1.54) is 5.56 Å². The van der Waals surface area contributed by atoms with Gasteiger partial charge in [-0.25, -0.2) is 0 Å². The number of rotatable bonds is 2. The van der Waals surface area contributed by atoms with Crippen LogP contribution in [0.4, 0.5) is 0 Å². The molecule has 2 atom stereocenters. The van der Waals surface area contributed by atoms with Gasteiger partial charge < -0.3 is 4.74 Å². The van der Waals surface area contributed by atoms with Gasteiger partial charge >= 0.3 is 0 Å². The second kappa shape index (κ2) is 5.85. The minimum absolute atomic E-state index is 0.149. The van der Waals surface area contributed by atoms with Gasteiger partial charge in [0.2, 0.25) is 0 Å². The number of benzene rings is 1. The maximum absolute atomic E-state index is 6.00. The van der Waals surface area contributed by atoms with E-state index in [-0.39, 0.29) is 6.10 Å². The average molecular weight is 368 g/mol. The van der Waals surface area contributed by atoms with Crippen molar-refractivity contribution < 1.29 is 4.74 Å². The van der Waals surface area contributed by atoms with Crippen LogP contribution >= 0.6 is 43.5 Å². The van der Waals surface area contributed by atoms with Crippen molar-refractivity contribution in [1.29, 1.82) is 0 Å². The van der Waals surface area contributed by atoms with Crippen LogP contribution in [0, 0.1) is 5.92 Å². The van der Waals surface area contributed by atoms with E-state index < -0.39 is 0 Å². The zero-order valence-electron chi connectivity index (χ0n) is 8.76. The number of hydrogen-bond acceptors (Lipinski definition) is 1. The first kappa shape index (κ1) is 12.9. The molecule has 0 N–H and O–H groups in total. The first-order valence-electron chi connectivity index (χ1n) is 5.35. The summed E-state index contributed by atoms with van der Waals surface area (Å²) in [5.41, 5.74) is 1.21. The van der Waals surface area contributed by atoms with E-state index in [1.807, 2.05) is 6.07 Å². The van der Waals surface area contributed by atoms with E-state index in [2.05, 4.69) is 44.0 Å². The lowest BCUT2D eigenvalue weighted by molar-refractivity contribution is -0.0208. The summed E-state index contributed by atoms with van der Waals surface area (Å²) in [6.07, 6.45) is 2.42. The van der Waals surface area contributed by atoms with Gasteiger partial charge in [0.1, 0.15) is 0 Å². The van der Waals surface area contributed by atoms with Gasteiger partial charge in [0.25, 0.3) is 0 Å². The van der Waals surface area contributed by atoms with Crippen LogP contribution in [0.1, 0.15) is 24.5 Å². The van der Waals surface area contributed by atoms with Crippen LogP contribution in [0.25, 0.3) is 0 Å². The second-order valence-electron chi connectivity index (χ2n) is 4.02. The highest BCUT2D eigenvalue weighted by atomic mass is 79.9. The minimum Gasteiger partial charge on any atom is -0.373 e. The third kappa shape index (κ3) is 2.81. The first-order chi connectivity index (χ1) is 7.72. The fraction of sp³-hybridized carbons (Fsp3) is 0.500. The number of hydrogen-bond donors (Lipinski definition) is 0. The fourth-order valence-electron chi connectivity index (χ4n) is 2.06. The van der Waals surface area contributed by atoms with Crippen molar-refractivity contribution in [3.8, 4) is 0 Å². The number of alkyl halides is 1. The third-order valence-electron chi connectivity index (χ3n) is 2.92. The van der Waals surface area contributed by atoms with Crippen LogP contribution in [0.2, 0.25) is 0 Å². The molecule has 0 saturated carbocycles. The zero-order valence-corrected chi connectivity index (χ0v) is 12.7. The van der Waals surface area contributed by atoms with E-state index in [9.17, 15) is 0 Å². The van der Waals surface area contributed by atoms with Gasteiger partial charge in [0.05, 0.1) is 6.10 Å². The summed E-state index contributed by atoms with van der Waals surface area (Å²) in [6.45, 7) is 0.839. The minimum atomic E-state index is 0.149. The first-order valence-corrected chi connectivity index (χ1v) is 7.47. The van der Waals surface area contributed by atoms with Crippen molar-refractivity contribution in [2.45, 2.75) is 18.9 Å². The molecule has 1 aromatic rings. The molecule has 2 rings (SSSR count). The van der Waals surface area contributed by atoms with Crippen molar-refractivity contribution >= 4 is 43.5 Å². The molecule has 4 heteroatoms. The van der Waals surface area contributed by atoms with E-state index in [4.69, 9.17) is 16.3 Å². The third-order valence-corrected chi connectivity index (χ3v) is 5.19. The predicted molar refractivity (Wildman–Crippen MR) is 74.0 cm³/mol. The molecule has 88 valence electrons. The van der Waals surface area contributed by atoms with Gasteiger partial charge in [-0.1, -0.05) is 6.07 Å². The SMILES string of the molecule is ClCC1CCCOC1c1ccc(Br)c(Br)c1. The molecule has 16 heavy (non-hydrogen) atoms. The van der Waals surface area contributed by atoms with Gasteiger partial charge in [-0.2, -0.15) is 0 Å². The van der Waals surface area contributed by atoms with E-state index in [0.29, 0.717) is 11.8 Å². The lowest BCUT2D eigenvalue weighted by atomic mass is 9.91. The molecule has 1 fully saturated rings. The van der Waals surface area contributed by atoms with E-state index >= 15 is 0 Å². The monoisotopic (exact) mass is 366 g/mol. The molecule has 0 amide bonds. The largest absolute Gasteiger partial charge is 0.373 e. The Hall–Kier alpha value is 0.430. The molecular weight excluding hydrogens is 355 g/mol. The van der Waals surface area contributed by atoms with Crippen molar-refractivity contribution in [2.24, 2.45) is 5.92 Å². The molecule has 1 saturated heterocycles.